The van der Waals surface area contributed by atoms with Crippen LogP contribution in [0.3, 0.4) is 0 Å². The number of carbonyl (C=O) groups is 1. The minimum Gasteiger partial charge on any atom is -0.339 e. The molecule has 1 aliphatic heterocycles. The highest BCUT2D eigenvalue weighted by molar-refractivity contribution is 7.89. The maximum absolute atomic E-state index is 13.2. The van der Waals surface area contributed by atoms with Crippen LogP contribution < -0.4 is 0 Å². The van der Waals surface area contributed by atoms with Gasteiger partial charge in [-0.15, -0.1) is 11.6 Å². The van der Waals surface area contributed by atoms with Crippen LogP contribution in [0.25, 0.3) is 0 Å². The molecule has 0 unspecified atom stereocenters. The Hall–Kier alpha value is -1.18. The number of piperazine rings is 1. The van der Waals surface area contributed by atoms with Crippen LogP contribution >= 0.6 is 11.6 Å². The molecule has 0 aliphatic carbocycles. The van der Waals surface area contributed by atoms with Gasteiger partial charge in [0.1, 0.15) is 11.7 Å². The van der Waals surface area contributed by atoms with Gasteiger partial charge in [0.25, 0.3) is 0 Å². The van der Waals surface area contributed by atoms with Crippen molar-refractivity contribution in [3.05, 3.63) is 29.6 Å². The van der Waals surface area contributed by atoms with Gasteiger partial charge in [-0.2, -0.15) is 4.31 Å². The van der Waals surface area contributed by atoms with E-state index >= 15 is 0 Å². The Balaban J connectivity index is 2.14. The molecule has 1 saturated heterocycles. The summed E-state index contributed by atoms with van der Waals surface area (Å²) in [4.78, 5) is 13.1. The van der Waals surface area contributed by atoms with E-state index in [4.69, 9.17) is 11.6 Å². The number of halogens is 2. The molecule has 0 atom stereocenters. The van der Waals surface area contributed by atoms with E-state index in [-0.39, 0.29) is 35.3 Å². The predicted molar refractivity (Wildman–Crippen MR) is 77.2 cm³/mol. The molecule has 5 nitrogen and oxygen atoms in total. The number of benzene rings is 1. The monoisotopic (exact) mass is 334 g/mol. The zero-order chi connectivity index (χ0) is 15.6. The lowest BCUT2D eigenvalue weighted by Crippen LogP contribution is -2.50. The second-order valence-electron chi connectivity index (χ2n) is 4.83. The van der Waals surface area contributed by atoms with Gasteiger partial charge in [-0.1, -0.05) is 0 Å². The van der Waals surface area contributed by atoms with Gasteiger partial charge in [-0.25, -0.2) is 12.8 Å². The third-order valence-electron chi connectivity index (χ3n) is 3.47. The fourth-order valence-electron chi connectivity index (χ4n) is 2.19. The maximum Gasteiger partial charge on any atom is 0.243 e. The molecule has 1 heterocycles. The Morgan fingerprint density at radius 3 is 2.43 bits per heavy atom. The third-order valence-corrected chi connectivity index (χ3v) is 5.60. The van der Waals surface area contributed by atoms with Gasteiger partial charge in [-0.3, -0.25) is 4.79 Å². The van der Waals surface area contributed by atoms with Crippen LogP contribution in [0.1, 0.15) is 5.56 Å². The molecule has 1 amide bonds. The summed E-state index contributed by atoms with van der Waals surface area (Å²) < 4.78 is 39.5. The molecule has 1 fully saturated rings. The summed E-state index contributed by atoms with van der Waals surface area (Å²) in [6.45, 7) is 2.56. The summed E-state index contributed by atoms with van der Waals surface area (Å²) in [6.07, 6.45) is 0. The lowest BCUT2D eigenvalue weighted by molar-refractivity contribution is -0.129. The number of hydrogen-bond acceptors (Lipinski definition) is 3. The standard InChI is InChI=1S/C13H16ClFN2O3S/c1-10-8-11(2-3-12(10)15)21(19,20)17-6-4-16(5-7-17)13(18)9-14/h2-3,8H,4-7,9H2,1H3. The molecule has 116 valence electrons. The van der Waals surface area contributed by atoms with Crippen molar-refractivity contribution in [3.63, 3.8) is 0 Å². The second kappa shape index (κ2) is 6.29. The van der Waals surface area contributed by atoms with Crippen molar-refractivity contribution in [2.24, 2.45) is 0 Å². The average molecular weight is 335 g/mol. The van der Waals surface area contributed by atoms with Gasteiger partial charge in [0, 0.05) is 26.2 Å². The summed E-state index contributed by atoms with van der Waals surface area (Å²) in [5.74, 6) is -0.748. The quantitative estimate of drug-likeness (QED) is 0.781. The molecule has 0 N–H and O–H groups in total. The highest BCUT2D eigenvalue weighted by Crippen LogP contribution is 2.20. The molecule has 0 bridgehead atoms. The molecule has 8 heteroatoms. The van der Waals surface area contributed by atoms with Crippen LogP contribution in [0.2, 0.25) is 0 Å². The van der Waals surface area contributed by atoms with E-state index < -0.39 is 15.8 Å². The first-order chi connectivity index (χ1) is 9.86. The Bertz CT molecular complexity index is 643. The van der Waals surface area contributed by atoms with E-state index in [1.807, 2.05) is 0 Å². The van der Waals surface area contributed by atoms with Gasteiger partial charge in [-0.05, 0) is 30.7 Å². The van der Waals surface area contributed by atoms with E-state index in [9.17, 15) is 17.6 Å². The number of sulfonamides is 1. The second-order valence-corrected chi connectivity index (χ2v) is 7.03. The zero-order valence-electron chi connectivity index (χ0n) is 11.6. The molecule has 0 aromatic heterocycles. The van der Waals surface area contributed by atoms with E-state index in [0.717, 1.165) is 6.07 Å². The SMILES string of the molecule is Cc1cc(S(=O)(=O)N2CCN(C(=O)CCl)CC2)ccc1F. The summed E-state index contributed by atoms with van der Waals surface area (Å²) in [5.41, 5.74) is 0.284. The number of aryl methyl sites for hydroxylation is 1. The molecule has 0 saturated carbocycles. The largest absolute Gasteiger partial charge is 0.339 e. The van der Waals surface area contributed by atoms with Gasteiger partial charge < -0.3 is 4.90 Å². The van der Waals surface area contributed by atoms with Crippen molar-refractivity contribution in [3.8, 4) is 0 Å². The van der Waals surface area contributed by atoms with Crippen LogP contribution in [0.5, 0.6) is 0 Å². The van der Waals surface area contributed by atoms with Crippen molar-refractivity contribution in [2.75, 3.05) is 32.1 Å². The minimum atomic E-state index is -3.66. The summed E-state index contributed by atoms with van der Waals surface area (Å²) in [5, 5.41) is 0. The zero-order valence-corrected chi connectivity index (χ0v) is 13.1. The van der Waals surface area contributed by atoms with Crippen molar-refractivity contribution < 1.29 is 17.6 Å². The number of carbonyl (C=O) groups excluding carboxylic acids is 1. The first-order valence-corrected chi connectivity index (χ1v) is 8.44. The fourth-order valence-corrected chi connectivity index (χ4v) is 3.87. The normalized spacial score (nSPS) is 17.0. The van der Waals surface area contributed by atoms with Gasteiger partial charge in [0.2, 0.25) is 15.9 Å². The van der Waals surface area contributed by atoms with Crippen molar-refractivity contribution in [1.82, 2.24) is 9.21 Å². The molecule has 0 radical (unpaired) electrons. The molecule has 2 rings (SSSR count). The number of alkyl halides is 1. The Morgan fingerprint density at radius 2 is 1.90 bits per heavy atom. The first kappa shape index (κ1) is 16.2. The molecular weight excluding hydrogens is 319 g/mol. The summed E-state index contributed by atoms with van der Waals surface area (Å²) in [7, 11) is -3.66. The van der Waals surface area contributed by atoms with Crippen LogP contribution in [-0.2, 0) is 14.8 Å². The number of hydrogen-bond donors (Lipinski definition) is 0. The van der Waals surface area contributed by atoms with Gasteiger partial charge >= 0.3 is 0 Å². The minimum absolute atomic E-state index is 0.0681. The van der Waals surface area contributed by atoms with Crippen LogP contribution in [-0.4, -0.2) is 55.6 Å². The Labute approximate surface area is 128 Å². The smallest absolute Gasteiger partial charge is 0.243 e. The Morgan fingerprint density at radius 1 is 1.29 bits per heavy atom. The fraction of sp³-hybridized carbons (Fsp3) is 0.462. The molecule has 1 aromatic rings. The topological polar surface area (TPSA) is 57.7 Å². The van der Waals surface area contributed by atoms with E-state index in [0.29, 0.717) is 13.1 Å². The first-order valence-electron chi connectivity index (χ1n) is 6.46. The maximum atomic E-state index is 13.2. The van der Waals surface area contributed by atoms with E-state index in [1.165, 1.54) is 28.3 Å². The van der Waals surface area contributed by atoms with E-state index in [2.05, 4.69) is 0 Å². The predicted octanol–water partition coefficient (Wildman–Crippen LogP) is 1.21. The van der Waals surface area contributed by atoms with Gasteiger partial charge in [0.15, 0.2) is 0 Å². The van der Waals surface area contributed by atoms with Crippen LogP contribution in [0, 0.1) is 12.7 Å². The molecular formula is C13H16ClFN2O3S. The van der Waals surface area contributed by atoms with Crippen molar-refractivity contribution in [1.29, 1.82) is 0 Å². The highest BCUT2D eigenvalue weighted by Gasteiger charge is 2.30. The van der Waals surface area contributed by atoms with Crippen molar-refractivity contribution in [2.45, 2.75) is 11.8 Å². The molecule has 0 spiro atoms. The van der Waals surface area contributed by atoms with E-state index in [1.54, 1.807) is 0 Å². The van der Waals surface area contributed by atoms with Crippen LogP contribution in [0.15, 0.2) is 23.1 Å². The average Bonchev–Trinajstić information content (AvgIpc) is 2.49. The van der Waals surface area contributed by atoms with Crippen LogP contribution in [0.4, 0.5) is 4.39 Å². The number of rotatable bonds is 3. The Kier molecular flexibility index (Phi) is 4.85. The third kappa shape index (κ3) is 3.36. The van der Waals surface area contributed by atoms with Crippen molar-refractivity contribution >= 4 is 27.5 Å². The molecule has 21 heavy (non-hydrogen) atoms. The number of nitrogens with zero attached hydrogens (tertiary/aromatic N) is 2. The summed E-state index contributed by atoms with van der Waals surface area (Å²) in [6, 6.07) is 3.73. The lowest BCUT2D eigenvalue weighted by atomic mass is 10.2. The number of amides is 1. The lowest BCUT2D eigenvalue weighted by Gasteiger charge is -2.33. The summed E-state index contributed by atoms with van der Waals surface area (Å²) >= 11 is 5.48. The molecule has 1 aliphatic rings. The van der Waals surface area contributed by atoms with Gasteiger partial charge in [0.05, 0.1) is 4.90 Å². The molecule has 1 aromatic carbocycles. The highest BCUT2D eigenvalue weighted by atomic mass is 35.5.